The van der Waals surface area contributed by atoms with Gasteiger partial charge in [-0.1, -0.05) is 53.0 Å². The number of thiocarbonyl (C=S) groups is 1. The van der Waals surface area contributed by atoms with Gasteiger partial charge < -0.3 is 34.5 Å². The molecule has 0 spiro atoms. The number of isothiocyanates is 1. The van der Waals surface area contributed by atoms with E-state index in [-0.39, 0.29) is 40.1 Å². The van der Waals surface area contributed by atoms with Crippen LogP contribution in [0.1, 0.15) is 22.3 Å². The van der Waals surface area contributed by atoms with Crippen LogP contribution >= 0.6 is 58.6 Å². The van der Waals surface area contributed by atoms with Crippen molar-refractivity contribution < 1.29 is 28.5 Å². The largest absolute Gasteiger partial charge is 0.480 e. The Bertz CT molecular complexity index is 2270. The lowest BCUT2D eigenvalue weighted by atomic mass is 10.0. The highest BCUT2D eigenvalue weighted by atomic mass is 35.5. The van der Waals surface area contributed by atoms with Crippen LogP contribution in [-0.2, 0) is 9.59 Å². The quantitative estimate of drug-likeness (QED) is 0.180. The Balaban J connectivity index is 0.000000228. The molecule has 6 rings (SSSR count). The summed E-state index contributed by atoms with van der Waals surface area (Å²) in [4.78, 5) is 57.4. The second-order valence-electron chi connectivity index (χ2n) is 11.0. The fourth-order valence-corrected chi connectivity index (χ4v) is 5.64. The van der Waals surface area contributed by atoms with Gasteiger partial charge in [-0.25, -0.2) is 15.0 Å². The van der Waals surface area contributed by atoms with Gasteiger partial charge in [-0.15, -0.1) is 0 Å². The molecule has 4 aromatic rings. The highest BCUT2D eigenvalue weighted by Gasteiger charge is 2.32. The maximum Gasteiger partial charge on any atom is 0.319 e. The van der Waals surface area contributed by atoms with Crippen LogP contribution in [0.4, 0.5) is 11.4 Å². The van der Waals surface area contributed by atoms with E-state index in [9.17, 15) is 9.59 Å². The lowest BCUT2D eigenvalue weighted by Crippen LogP contribution is -2.39. The number of aromatic nitrogens is 4. The molecule has 2 amide bonds. The van der Waals surface area contributed by atoms with Crippen molar-refractivity contribution in [2.24, 2.45) is 20.7 Å². The van der Waals surface area contributed by atoms with Crippen LogP contribution in [0.2, 0.25) is 10.0 Å². The van der Waals surface area contributed by atoms with E-state index in [1.807, 2.05) is 0 Å². The molecule has 0 fully saturated rings. The maximum absolute atomic E-state index is 12.7. The van der Waals surface area contributed by atoms with Gasteiger partial charge in [0.25, 0.3) is 11.8 Å². The number of nitrogens with two attached hydrogens (primary N) is 1. The van der Waals surface area contributed by atoms with Gasteiger partial charge in [-0.2, -0.15) is 15.0 Å². The number of likely N-dealkylation sites (N-methyl/N-ethyl adjacent to an activating group) is 2. The standard InChI is InChI=1S/C17H14ClN5O3S.C16H16ClN5O3.C2H2Cl2/c1-23-12-5-4-9(18)6-10(12)13(21-14(16(23)24)20-8-27)11-7-19-17(26-3)22-15(11)25-2;1-22-11-5-4-8(17)6-9(11)12(20-13(18)15(22)23)10-7-19-16(25-3)21-14(10)24-2;1-2(3)4/h4-7,14H,1-3H3;4-7,13H,18H2,1-3H3;1H2. The predicted octanol–water partition coefficient (Wildman–Crippen LogP) is 5.57. The van der Waals surface area contributed by atoms with Crippen molar-refractivity contribution in [3.05, 3.63) is 92.2 Å². The molecular formula is C35H32Cl4N10O6S. The van der Waals surface area contributed by atoms with Gasteiger partial charge >= 0.3 is 12.0 Å². The van der Waals surface area contributed by atoms with Gasteiger partial charge in [0.05, 0.1) is 72.0 Å². The number of halogens is 4. The number of anilines is 2. The van der Waals surface area contributed by atoms with Gasteiger partial charge in [0, 0.05) is 47.7 Å². The SMILES string of the molecule is C=C(Cl)Cl.COc1ncc(C2=NC(N)C(=O)N(C)c3ccc(Cl)cc32)c(OC)n1.COc1ncc(C2=NC(N=C=S)C(=O)N(C)c3ccc(Cl)cc32)c(OC)n1. The number of aliphatic imine (C=N–C) groups is 3. The van der Waals surface area contributed by atoms with Crippen molar-refractivity contribution in [3.8, 4) is 23.8 Å². The topological polar surface area (TPSA) is 192 Å². The van der Waals surface area contributed by atoms with Crippen LogP contribution in [0.3, 0.4) is 0 Å². The molecule has 2 aromatic heterocycles. The highest BCUT2D eigenvalue weighted by Crippen LogP contribution is 2.34. The fourth-order valence-electron chi connectivity index (χ4n) is 5.20. The number of ether oxygens (including phenoxy) is 4. The summed E-state index contributed by atoms with van der Waals surface area (Å²) in [6.45, 7) is 3.09. The first-order valence-corrected chi connectivity index (χ1v) is 17.6. The Hall–Kier alpha value is -5.26. The minimum atomic E-state index is -1.10. The van der Waals surface area contributed by atoms with Crippen LogP contribution in [0.15, 0.2) is 74.8 Å². The zero-order chi connectivity index (χ0) is 41.3. The Kier molecular flexibility index (Phi) is 15.2. The summed E-state index contributed by atoms with van der Waals surface area (Å²) in [6.07, 6.45) is 0.845. The fraction of sp³-hybridized carbons (Fsp3) is 0.229. The lowest BCUT2D eigenvalue weighted by molar-refractivity contribution is -0.120. The summed E-state index contributed by atoms with van der Waals surface area (Å²) in [5, 5.41) is 3.19. The molecule has 16 nitrogen and oxygen atoms in total. The third-order valence-electron chi connectivity index (χ3n) is 7.71. The molecule has 2 N–H and O–H groups in total. The Morgan fingerprint density at radius 2 is 1.20 bits per heavy atom. The van der Waals surface area contributed by atoms with Gasteiger partial charge in [0.1, 0.15) is 0 Å². The van der Waals surface area contributed by atoms with Crippen LogP contribution in [-0.4, -0.2) is 103 Å². The summed E-state index contributed by atoms with van der Waals surface area (Å²) in [6, 6.07) is 10.5. The summed E-state index contributed by atoms with van der Waals surface area (Å²) >= 11 is 26.7. The number of nitrogens with zero attached hydrogens (tertiary/aromatic N) is 9. The van der Waals surface area contributed by atoms with Crippen molar-refractivity contribution in [3.63, 3.8) is 0 Å². The molecule has 2 unspecified atom stereocenters. The molecule has 0 bridgehead atoms. The zero-order valence-electron chi connectivity index (χ0n) is 30.5. The van der Waals surface area contributed by atoms with Gasteiger partial charge in [-0.3, -0.25) is 14.6 Å². The lowest BCUT2D eigenvalue weighted by Gasteiger charge is -2.19. The number of fused-ring (bicyclic) bond motifs is 2. The molecule has 4 heterocycles. The van der Waals surface area contributed by atoms with Crippen molar-refractivity contribution in [1.29, 1.82) is 0 Å². The van der Waals surface area contributed by atoms with Crippen LogP contribution < -0.4 is 34.5 Å². The van der Waals surface area contributed by atoms with Crippen molar-refractivity contribution in [2.75, 3.05) is 52.3 Å². The van der Waals surface area contributed by atoms with Gasteiger partial charge in [-0.05, 0) is 48.6 Å². The molecule has 292 valence electrons. The molecule has 2 atom stereocenters. The summed E-state index contributed by atoms with van der Waals surface area (Å²) < 4.78 is 20.9. The Morgan fingerprint density at radius 1 is 0.768 bits per heavy atom. The van der Waals surface area contributed by atoms with Crippen LogP contribution in [0.25, 0.3) is 0 Å². The molecular weight excluding hydrogens is 830 g/mol. The van der Waals surface area contributed by atoms with E-state index in [1.54, 1.807) is 50.5 Å². The maximum atomic E-state index is 12.7. The van der Waals surface area contributed by atoms with Crippen molar-refractivity contribution >= 4 is 98.4 Å². The van der Waals surface area contributed by atoms with Crippen molar-refractivity contribution in [2.45, 2.75) is 12.3 Å². The Labute approximate surface area is 346 Å². The highest BCUT2D eigenvalue weighted by molar-refractivity contribution is 7.78. The molecule has 0 radical (unpaired) electrons. The second-order valence-corrected chi connectivity index (χ2v) is 13.2. The van der Waals surface area contributed by atoms with E-state index in [4.69, 9.17) is 71.1 Å². The summed E-state index contributed by atoms with van der Waals surface area (Å²) in [5.74, 6) is -0.222. The number of methoxy groups -OCH3 is 4. The van der Waals surface area contributed by atoms with E-state index in [0.29, 0.717) is 55.1 Å². The molecule has 2 aromatic carbocycles. The first-order valence-electron chi connectivity index (χ1n) is 15.7. The first-order chi connectivity index (χ1) is 26.7. The Morgan fingerprint density at radius 3 is 1.61 bits per heavy atom. The van der Waals surface area contributed by atoms with Crippen molar-refractivity contribution in [1.82, 2.24) is 19.9 Å². The van der Waals surface area contributed by atoms with Gasteiger partial charge in [0.2, 0.25) is 17.9 Å². The third kappa shape index (κ3) is 9.94. The molecule has 2 aliphatic heterocycles. The van der Waals surface area contributed by atoms with Crippen LogP contribution in [0, 0.1) is 0 Å². The van der Waals surface area contributed by atoms with E-state index >= 15 is 0 Å². The molecule has 0 aliphatic carbocycles. The number of benzodiazepines with no additional fused rings is 2. The summed E-state index contributed by atoms with van der Waals surface area (Å²) in [5.41, 5.74) is 10.1. The first kappa shape index (κ1) is 43.5. The number of rotatable bonds is 7. The molecule has 2 aliphatic rings. The van der Waals surface area contributed by atoms with E-state index in [2.05, 4.69) is 58.9 Å². The smallest absolute Gasteiger partial charge is 0.319 e. The number of carbonyl (C=O) groups excluding carboxylic acids is 2. The average Bonchev–Trinajstić information content (AvgIpc) is 3.34. The molecule has 21 heteroatoms. The van der Waals surface area contributed by atoms with E-state index in [0.717, 1.165) is 0 Å². The number of hydrogen-bond donors (Lipinski definition) is 1. The number of hydrogen-bond acceptors (Lipinski definition) is 15. The predicted molar refractivity (Wildman–Crippen MR) is 219 cm³/mol. The van der Waals surface area contributed by atoms with Crippen LogP contribution in [0.5, 0.6) is 23.8 Å². The number of amides is 2. The minimum Gasteiger partial charge on any atom is -0.480 e. The monoisotopic (exact) mass is 860 g/mol. The third-order valence-corrected chi connectivity index (χ3v) is 8.28. The average molecular weight is 863 g/mol. The molecule has 0 saturated carbocycles. The number of benzene rings is 2. The van der Waals surface area contributed by atoms with E-state index < -0.39 is 12.3 Å². The van der Waals surface area contributed by atoms with E-state index in [1.165, 1.54) is 50.6 Å². The second kappa shape index (κ2) is 19.6. The normalized spacial score (nSPS) is 15.7. The molecule has 56 heavy (non-hydrogen) atoms. The van der Waals surface area contributed by atoms with Gasteiger partial charge in [0.15, 0.2) is 6.17 Å². The minimum absolute atomic E-state index is 0.111. The zero-order valence-corrected chi connectivity index (χ0v) is 34.3. The molecule has 0 saturated heterocycles. The number of carbonyl (C=O) groups is 2. The summed E-state index contributed by atoms with van der Waals surface area (Å²) in [7, 11) is 9.10.